The van der Waals surface area contributed by atoms with E-state index in [2.05, 4.69) is 15.4 Å². The topological polar surface area (TPSA) is 70.7 Å². The Morgan fingerprint density at radius 3 is 2.41 bits per heavy atom. The Bertz CT molecular complexity index is 841. The molecule has 6 nitrogen and oxygen atoms in total. The fourth-order valence-corrected chi connectivity index (χ4v) is 3.17. The second kappa shape index (κ2) is 9.36. The van der Waals surface area contributed by atoms with Gasteiger partial charge in [-0.05, 0) is 48.7 Å². The number of hydrogen-bond acceptors (Lipinski definition) is 3. The standard InChI is InChI=1S/C21H23F2N3O3/c1-14(16-6-10-18(11-7-16)29-20(22)23)24-21(28)25-17-8-4-15(5-9-17)13-26-12-2-3-19(26)27/h4-11,14,20H,2-3,12-13H2,1H3,(H2,24,25,28). The first kappa shape index (κ1) is 20.6. The van der Waals surface area contributed by atoms with Crippen LogP contribution in [-0.4, -0.2) is 30.0 Å². The third-order valence-corrected chi connectivity index (χ3v) is 4.71. The van der Waals surface area contributed by atoms with Crippen LogP contribution in [0.15, 0.2) is 48.5 Å². The van der Waals surface area contributed by atoms with Crippen molar-refractivity contribution in [1.29, 1.82) is 0 Å². The maximum atomic E-state index is 12.2. The minimum Gasteiger partial charge on any atom is -0.435 e. The number of benzene rings is 2. The molecule has 1 fully saturated rings. The van der Waals surface area contributed by atoms with Gasteiger partial charge >= 0.3 is 12.6 Å². The highest BCUT2D eigenvalue weighted by atomic mass is 19.3. The highest BCUT2D eigenvalue weighted by molar-refractivity contribution is 5.89. The van der Waals surface area contributed by atoms with Gasteiger partial charge < -0.3 is 20.3 Å². The summed E-state index contributed by atoms with van der Waals surface area (Å²) in [6, 6.07) is 12.7. The number of amides is 3. The molecule has 3 amide bonds. The normalized spacial score (nSPS) is 14.8. The van der Waals surface area contributed by atoms with Gasteiger partial charge in [-0.25, -0.2) is 4.79 Å². The number of nitrogens with zero attached hydrogens (tertiary/aromatic N) is 1. The molecule has 1 aliphatic rings. The van der Waals surface area contributed by atoms with Gasteiger partial charge in [-0.3, -0.25) is 4.79 Å². The minimum absolute atomic E-state index is 0.0659. The number of carbonyl (C=O) groups is 2. The zero-order chi connectivity index (χ0) is 20.8. The molecule has 1 aliphatic heterocycles. The largest absolute Gasteiger partial charge is 0.435 e. The van der Waals surface area contributed by atoms with Crippen LogP contribution in [0.3, 0.4) is 0 Å². The van der Waals surface area contributed by atoms with Gasteiger partial charge in [-0.15, -0.1) is 0 Å². The van der Waals surface area contributed by atoms with E-state index >= 15 is 0 Å². The predicted octanol–water partition coefficient (Wildman–Crippen LogP) is 4.29. The number of nitrogens with one attached hydrogen (secondary N) is 2. The van der Waals surface area contributed by atoms with E-state index in [4.69, 9.17) is 0 Å². The number of ether oxygens (including phenoxy) is 1. The third-order valence-electron chi connectivity index (χ3n) is 4.71. The van der Waals surface area contributed by atoms with Gasteiger partial charge in [0.2, 0.25) is 5.91 Å². The fraction of sp³-hybridized carbons (Fsp3) is 0.333. The number of rotatable bonds is 7. The first-order valence-electron chi connectivity index (χ1n) is 9.40. The van der Waals surface area contributed by atoms with Crippen molar-refractivity contribution in [2.75, 3.05) is 11.9 Å². The van der Waals surface area contributed by atoms with E-state index in [0.717, 1.165) is 24.1 Å². The maximum Gasteiger partial charge on any atom is 0.387 e. The van der Waals surface area contributed by atoms with Crippen molar-refractivity contribution in [3.05, 3.63) is 59.7 Å². The molecule has 2 N–H and O–H groups in total. The molecule has 1 saturated heterocycles. The van der Waals surface area contributed by atoms with E-state index in [9.17, 15) is 18.4 Å². The van der Waals surface area contributed by atoms with Crippen LogP contribution in [0.1, 0.15) is 36.9 Å². The molecular formula is C21H23F2N3O3. The zero-order valence-corrected chi connectivity index (χ0v) is 16.0. The summed E-state index contributed by atoms with van der Waals surface area (Å²) in [5, 5.41) is 5.55. The molecule has 0 saturated carbocycles. The number of carbonyl (C=O) groups excluding carboxylic acids is 2. The van der Waals surface area contributed by atoms with E-state index in [-0.39, 0.29) is 23.7 Å². The smallest absolute Gasteiger partial charge is 0.387 e. The number of alkyl halides is 2. The molecule has 2 aromatic carbocycles. The zero-order valence-electron chi connectivity index (χ0n) is 16.0. The van der Waals surface area contributed by atoms with Crippen molar-refractivity contribution in [2.24, 2.45) is 0 Å². The molecule has 0 spiro atoms. The monoisotopic (exact) mass is 403 g/mol. The summed E-state index contributed by atoms with van der Waals surface area (Å²) in [4.78, 5) is 25.7. The lowest BCUT2D eigenvalue weighted by molar-refractivity contribution is -0.128. The number of anilines is 1. The lowest BCUT2D eigenvalue weighted by atomic mass is 10.1. The highest BCUT2D eigenvalue weighted by Crippen LogP contribution is 2.20. The van der Waals surface area contributed by atoms with Gasteiger partial charge in [0.1, 0.15) is 5.75 Å². The molecule has 8 heteroatoms. The van der Waals surface area contributed by atoms with Crippen LogP contribution in [0.25, 0.3) is 0 Å². The molecule has 0 radical (unpaired) electrons. The van der Waals surface area contributed by atoms with Gasteiger partial charge in [0.15, 0.2) is 0 Å². The molecule has 0 aromatic heterocycles. The van der Waals surface area contributed by atoms with Crippen LogP contribution in [0.2, 0.25) is 0 Å². The summed E-state index contributed by atoms with van der Waals surface area (Å²) in [5.41, 5.74) is 2.39. The molecule has 0 aliphatic carbocycles. The van der Waals surface area contributed by atoms with Gasteiger partial charge in [0.05, 0.1) is 6.04 Å². The van der Waals surface area contributed by atoms with Gasteiger partial charge in [-0.2, -0.15) is 8.78 Å². The van der Waals surface area contributed by atoms with Crippen molar-refractivity contribution >= 4 is 17.6 Å². The van der Waals surface area contributed by atoms with Crippen molar-refractivity contribution in [3.8, 4) is 5.75 Å². The summed E-state index contributed by atoms with van der Waals surface area (Å²) in [7, 11) is 0. The first-order valence-corrected chi connectivity index (χ1v) is 9.40. The Morgan fingerprint density at radius 1 is 1.14 bits per heavy atom. The van der Waals surface area contributed by atoms with Crippen LogP contribution in [0.5, 0.6) is 5.75 Å². The average molecular weight is 403 g/mol. The molecule has 3 rings (SSSR count). The molecular weight excluding hydrogens is 380 g/mol. The molecule has 1 atom stereocenters. The van der Waals surface area contributed by atoms with Crippen LogP contribution in [0, 0.1) is 0 Å². The Kier molecular flexibility index (Phi) is 6.64. The molecule has 29 heavy (non-hydrogen) atoms. The SMILES string of the molecule is CC(NC(=O)Nc1ccc(CN2CCCC2=O)cc1)c1ccc(OC(F)F)cc1. The van der Waals surface area contributed by atoms with Crippen molar-refractivity contribution in [1.82, 2.24) is 10.2 Å². The Labute approximate surface area is 167 Å². The number of halogens is 2. The maximum absolute atomic E-state index is 12.2. The van der Waals surface area contributed by atoms with E-state index in [1.165, 1.54) is 12.1 Å². The molecule has 154 valence electrons. The average Bonchev–Trinajstić information content (AvgIpc) is 3.08. The number of urea groups is 1. The van der Waals surface area contributed by atoms with Crippen molar-refractivity contribution < 1.29 is 23.1 Å². The molecule has 1 unspecified atom stereocenters. The van der Waals surface area contributed by atoms with Crippen molar-refractivity contribution in [3.63, 3.8) is 0 Å². The van der Waals surface area contributed by atoms with Crippen molar-refractivity contribution in [2.45, 2.75) is 39.0 Å². The second-order valence-corrected chi connectivity index (χ2v) is 6.88. The minimum atomic E-state index is -2.87. The van der Waals surface area contributed by atoms with E-state index in [1.54, 1.807) is 31.2 Å². The van der Waals surface area contributed by atoms with Crippen LogP contribution in [-0.2, 0) is 11.3 Å². The lowest BCUT2D eigenvalue weighted by Gasteiger charge is -2.17. The molecule has 1 heterocycles. The molecule has 2 aromatic rings. The lowest BCUT2D eigenvalue weighted by Crippen LogP contribution is -2.31. The summed E-state index contributed by atoms with van der Waals surface area (Å²) in [6.45, 7) is 0.283. The summed E-state index contributed by atoms with van der Waals surface area (Å²) >= 11 is 0. The number of hydrogen-bond donors (Lipinski definition) is 2. The Balaban J connectivity index is 1.50. The van der Waals surface area contributed by atoms with E-state index in [0.29, 0.717) is 18.7 Å². The van der Waals surface area contributed by atoms with Crippen LogP contribution < -0.4 is 15.4 Å². The third kappa shape index (κ3) is 5.91. The van der Waals surface area contributed by atoms with E-state index < -0.39 is 6.61 Å². The summed E-state index contributed by atoms with van der Waals surface area (Å²) < 4.78 is 28.7. The van der Waals surface area contributed by atoms with Gasteiger partial charge in [0.25, 0.3) is 0 Å². The first-order chi connectivity index (χ1) is 13.9. The Morgan fingerprint density at radius 2 is 1.83 bits per heavy atom. The summed E-state index contributed by atoms with van der Waals surface area (Å²) in [5.74, 6) is 0.241. The van der Waals surface area contributed by atoms with Crippen LogP contribution >= 0.6 is 0 Å². The predicted molar refractivity (Wildman–Crippen MR) is 105 cm³/mol. The molecule has 0 bridgehead atoms. The van der Waals surface area contributed by atoms with Gasteiger partial charge in [0, 0.05) is 25.2 Å². The van der Waals surface area contributed by atoms with Gasteiger partial charge in [-0.1, -0.05) is 24.3 Å². The summed E-state index contributed by atoms with van der Waals surface area (Å²) in [6.07, 6.45) is 1.51. The number of likely N-dealkylation sites (tertiary alicyclic amines) is 1. The van der Waals surface area contributed by atoms with E-state index in [1.807, 2.05) is 17.0 Å². The quantitative estimate of drug-likeness (QED) is 0.724. The van der Waals surface area contributed by atoms with Crippen LogP contribution in [0.4, 0.5) is 19.3 Å². The Hall–Kier alpha value is -3.16. The highest BCUT2D eigenvalue weighted by Gasteiger charge is 2.19. The fourth-order valence-electron chi connectivity index (χ4n) is 3.17. The second-order valence-electron chi connectivity index (χ2n) is 6.88.